The Kier molecular flexibility index (Phi) is 5.61. The van der Waals surface area contributed by atoms with Crippen LogP contribution in [-0.4, -0.2) is 29.3 Å². The molecule has 126 valence electrons. The number of nitrogens with one attached hydrogen (secondary N) is 2. The van der Waals surface area contributed by atoms with Gasteiger partial charge in [0.2, 0.25) is 0 Å². The second-order valence-corrected chi connectivity index (χ2v) is 7.74. The van der Waals surface area contributed by atoms with Crippen LogP contribution < -0.4 is 10.6 Å². The van der Waals surface area contributed by atoms with Crippen LogP contribution in [0.25, 0.3) is 0 Å². The van der Waals surface area contributed by atoms with E-state index in [0.717, 1.165) is 25.7 Å². The molecule has 3 fully saturated rings. The lowest BCUT2D eigenvalue weighted by molar-refractivity contribution is 0.117. The van der Waals surface area contributed by atoms with E-state index in [1.54, 1.807) is 0 Å². The Bertz CT molecular complexity index is 338. The lowest BCUT2D eigenvalue weighted by Gasteiger charge is -2.32. The highest BCUT2D eigenvalue weighted by Gasteiger charge is 2.34. The van der Waals surface area contributed by atoms with Crippen LogP contribution in [0.15, 0.2) is 0 Å². The van der Waals surface area contributed by atoms with Crippen molar-refractivity contribution in [1.29, 1.82) is 0 Å². The molecule has 0 saturated heterocycles. The Morgan fingerprint density at radius 1 is 0.818 bits per heavy atom. The van der Waals surface area contributed by atoms with Gasteiger partial charge in [-0.15, -0.1) is 0 Å². The molecule has 4 heteroatoms. The molecule has 3 saturated carbocycles. The zero-order chi connectivity index (χ0) is 15.4. The molecule has 0 spiro atoms. The van der Waals surface area contributed by atoms with E-state index in [4.69, 9.17) is 0 Å². The molecular formula is C18H32N2O2. The minimum atomic E-state index is -0.161. The number of hydrogen-bond donors (Lipinski definition) is 3. The van der Waals surface area contributed by atoms with Gasteiger partial charge in [-0.3, -0.25) is 0 Å². The van der Waals surface area contributed by atoms with Gasteiger partial charge in [-0.25, -0.2) is 4.79 Å². The molecule has 0 atom stereocenters. The summed E-state index contributed by atoms with van der Waals surface area (Å²) >= 11 is 0. The number of aliphatic hydroxyl groups is 1. The van der Waals surface area contributed by atoms with Crippen LogP contribution in [0.4, 0.5) is 4.79 Å². The fourth-order valence-corrected chi connectivity index (χ4v) is 4.85. The first kappa shape index (κ1) is 16.1. The molecule has 0 aromatic heterocycles. The summed E-state index contributed by atoms with van der Waals surface area (Å²) in [4.78, 5) is 12.4. The molecule has 3 rings (SSSR count). The van der Waals surface area contributed by atoms with E-state index in [1.807, 2.05) is 0 Å². The number of carbonyl (C=O) groups excluding carboxylic acids is 1. The normalized spacial score (nSPS) is 30.8. The van der Waals surface area contributed by atoms with Crippen molar-refractivity contribution in [1.82, 2.24) is 10.6 Å². The molecule has 0 aromatic rings. The van der Waals surface area contributed by atoms with Crippen molar-refractivity contribution in [3.05, 3.63) is 0 Å². The summed E-state index contributed by atoms with van der Waals surface area (Å²) in [6.45, 7) is 0. The number of carbonyl (C=O) groups is 1. The molecule has 2 amide bonds. The summed E-state index contributed by atoms with van der Waals surface area (Å²) in [5.74, 6) is 1.39. The van der Waals surface area contributed by atoms with Gasteiger partial charge >= 0.3 is 6.03 Å². The van der Waals surface area contributed by atoms with Gasteiger partial charge in [-0.2, -0.15) is 0 Å². The Morgan fingerprint density at radius 3 is 1.82 bits per heavy atom. The molecule has 22 heavy (non-hydrogen) atoms. The monoisotopic (exact) mass is 308 g/mol. The zero-order valence-electron chi connectivity index (χ0n) is 13.7. The Morgan fingerprint density at radius 2 is 1.32 bits per heavy atom. The molecule has 0 bridgehead atoms. The number of hydrogen-bond acceptors (Lipinski definition) is 2. The maximum absolute atomic E-state index is 12.4. The molecule has 4 nitrogen and oxygen atoms in total. The fraction of sp³-hybridized carbons (Fsp3) is 0.944. The van der Waals surface area contributed by atoms with Crippen molar-refractivity contribution < 1.29 is 9.90 Å². The summed E-state index contributed by atoms with van der Waals surface area (Å²) in [7, 11) is 0. The first-order valence-corrected chi connectivity index (χ1v) is 9.47. The van der Waals surface area contributed by atoms with Gasteiger partial charge < -0.3 is 15.7 Å². The van der Waals surface area contributed by atoms with E-state index in [2.05, 4.69) is 10.6 Å². The van der Waals surface area contributed by atoms with Gasteiger partial charge in [0.25, 0.3) is 0 Å². The fourth-order valence-electron chi connectivity index (χ4n) is 4.85. The van der Waals surface area contributed by atoms with E-state index >= 15 is 0 Å². The highest BCUT2D eigenvalue weighted by Crippen LogP contribution is 2.37. The molecule has 0 heterocycles. The van der Waals surface area contributed by atoms with Crippen molar-refractivity contribution >= 4 is 6.03 Å². The third-order valence-corrected chi connectivity index (χ3v) is 6.15. The first-order valence-electron chi connectivity index (χ1n) is 9.47. The van der Waals surface area contributed by atoms with E-state index in [9.17, 15) is 9.90 Å². The maximum atomic E-state index is 12.4. The average molecular weight is 308 g/mol. The highest BCUT2D eigenvalue weighted by atomic mass is 16.3. The van der Waals surface area contributed by atoms with Crippen molar-refractivity contribution in [3.63, 3.8) is 0 Å². The Hall–Kier alpha value is -0.770. The van der Waals surface area contributed by atoms with Gasteiger partial charge in [0.15, 0.2) is 0 Å². The molecule has 0 radical (unpaired) electrons. The van der Waals surface area contributed by atoms with Crippen LogP contribution >= 0.6 is 0 Å². The number of amides is 2. The predicted molar refractivity (Wildman–Crippen MR) is 87.6 cm³/mol. The number of urea groups is 1. The molecule has 0 aliphatic heterocycles. The van der Waals surface area contributed by atoms with Gasteiger partial charge in [-0.05, 0) is 63.2 Å². The van der Waals surface area contributed by atoms with E-state index in [0.29, 0.717) is 17.9 Å². The standard InChI is InChI=1S/C18H32N2O2/c21-16-11-9-15(10-12-16)19-18(22)20-17(13-5-1-2-6-13)14-7-3-4-8-14/h13-17,21H,1-12H2,(H2,19,20,22). The zero-order valence-corrected chi connectivity index (χ0v) is 13.7. The number of rotatable bonds is 4. The van der Waals surface area contributed by atoms with Gasteiger partial charge in [-0.1, -0.05) is 25.7 Å². The van der Waals surface area contributed by atoms with Crippen LogP contribution in [0.3, 0.4) is 0 Å². The Labute approximate surface area is 134 Å². The van der Waals surface area contributed by atoms with Crippen molar-refractivity contribution in [2.24, 2.45) is 11.8 Å². The van der Waals surface area contributed by atoms with E-state index in [1.165, 1.54) is 51.4 Å². The van der Waals surface area contributed by atoms with Crippen LogP contribution in [0.1, 0.15) is 77.0 Å². The average Bonchev–Trinajstić information content (AvgIpc) is 3.21. The van der Waals surface area contributed by atoms with Crippen LogP contribution in [0, 0.1) is 11.8 Å². The third-order valence-electron chi connectivity index (χ3n) is 6.15. The lowest BCUT2D eigenvalue weighted by atomic mass is 9.86. The summed E-state index contributed by atoms with van der Waals surface area (Å²) in [6.07, 6.45) is 13.8. The largest absolute Gasteiger partial charge is 0.393 e. The third kappa shape index (κ3) is 4.15. The van der Waals surface area contributed by atoms with E-state index in [-0.39, 0.29) is 18.2 Å². The molecule has 0 aromatic carbocycles. The van der Waals surface area contributed by atoms with Crippen LogP contribution in [0.5, 0.6) is 0 Å². The summed E-state index contributed by atoms with van der Waals surface area (Å²) in [5.41, 5.74) is 0. The van der Waals surface area contributed by atoms with Gasteiger partial charge in [0, 0.05) is 12.1 Å². The molecule has 3 N–H and O–H groups in total. The molecular weight excluding hydrogens is 276 g/mol. The minimum absolute atomic E-state index is 0.0326. The summed E-state index contributed by atoms with van der Waals surface area (Å²) in [5, 5.41) is 16.1. The van der Waals surface area contributed by atoms with Crippen LogP contribution in [-0.2, 0) is 0 Å². The SMILES string of the molecule is O=C(NC1CCC(O)CC1)NC(C1CCCC1)C1CCCC1. The maximum Gasteiger partial charge on any atom is 0.315 e. The predicted octanol–water partition coefficient (Wildman–Crippen LogP) is 3.34. The van der Waals surface area contributed by atoms with Crippen molar-refractivity contribution in [3.8, 4) is 0 Å². The van der Waals surface area contributed by atoms with Gasteiger partial charge in [0.05, 0.1) is 6.10 Å². The van der Waals surface area contributed by atoms with E-state index < -0.39 is 0 Å². The first-order chi connectivity index (χ1) is 10.7. The molecule has 3 aliphatic rings. The Balaban J connectivity index is 1.51. The van der Waals surface area contributed by atoms with Crippen LogP contribution in [0.2, 0.25) is 0 Å². The number of aliphatic hydroxyl groups excluding tert-OH is 1. The smallest absolute Gasteiger partial charge is 0.315 e. The summed E-state index contributed by atoms with van der Waals surface area (Å²) in [6, 6.07) is 0.667. The summed E-state index contributed by atoms with van der Waals surface area (Å²) < 4.78 is 0. The lowest BCUT2D eigenvalue weighted by Crippen LogP contribution is -2.51. The van der Waals surface area contributed by atoms with Crippen molar-refractivity contribution in [2.45, 2.75) is 95.2 Å². The highest BCUT2D eigenvalue weighted by molar-refractivity contribution is 5.74. The second-order valence-electron chi connectivity index (χ2n) is 7.74. The topological polar surface area (TPSA) is 61.4 Å². The molecule has 3 aliphatic carbocycles. The second kappa shape index (κ2) is 7.67. The quantitative estimate of drug-likeness (QED) is 0.746. The minimum Gasteiger partial charge on any atom is -0.393 e. The van der Waals surface area contributed by atoms with Crippen molar-refractivity contribution in [2.75, 3.05) is 0 Å². The molecule has 0 unspecified atom stereocenters. The van der Waals surface area contributed by atoms with Gasteiger partial charge in [0.1, 0.15) is 0 Å².